The third-order valence-electron chi connectivity index (χ3n) is 8.18. The molecule has 6 rings (SSSR count). The first-order chi connectivity index (χ1) is 20.1. The molecule has 2 fully saturated rings. The maximum atomic E-state index is 13.9. The minimum absolute atomic E-state index is 0.186. The Morgan fingerprint density at radius 3 is 2.43 bits per heavy atom. The van der Waals surface area contributed by atoms with Crippen LogP contribution in [0.15, 0.2) is 63.2 Å². The molecule has 0 radical (unpaired) electrons. The zero-order valence-corrected chi connectivity index (χ0v) is 25.6. The Hall–Kier alpha value is -3.96. The van der Waals surface area contributed by atoms with Crippen molar-refractivity contribution in [2.75, 3.05) is 10.2 Å². The van der Waals surface area contributed by atoms with Gasteiger partial charge in [0, 0.05) is 19.3 Å². The summed E-state index contributed by atoms with van der Waals surface area (Å²) < 4.78 is 4.97. The van der Waals surface area contributed by atoms with Crippen LogP contribution in [-0.2, 0) is 11.8 Å². The van der Waals surface area contributed by atoms with Crippen molar-refractivity contribution in [3.63, 3.8) is 0 Å². The second kappa shape index (κ2) is 11.0. The molecule has 1 N–H and O–H groups in total. The number of nitrogens with zero attached hydrogens (tertiary/aromatic N) is 5. The van der Waals surface area contributed by atoms with E-state index in [0.717, 1.165) is 43.0 Å². The van der Waals surface area contributed by atoms with Crippen LogP contribution in [0, 0.1) is 19.8 Å². The summed E-state index contributed by atoms with van der Waals surface area (Å²) >= 11 is 6.72. The molecular formula is C31H32N6O3S2. The lowest BCUT2D eigenvalue weighted by atomic mass is 9.87. The first-order valence-corrected chi connectivity index (χ1v) is 15.3. The number of hydrogen-bond acceptors (Lipinski definition) is 7. The van der Waals surface area contributed by atoms with E-state index in [0.29, 0.717) is 34.3 Å². The van der Waals surface area contributed by atoms with Gasteiger partial charge >= 0.3 is 0 Å². The number of anilines is 2. The van der Waals surface area contributed by atoms with Crippen molar-refractivity contribution in [3.05, 3.63) is 91.1 Å². The number of thiocarbonyl (C=S) groups is 1. The number of carbonyl (C=O) groups excluding carboxylic acids is 1. The lowest BCUT2D eigenvalue weighted by Crippen LogP contribution is -2.33. The van der Waals surface area contributed by atoms with Crippen LogP contribution in [0.3, 0.4) is 0 Å². The highest BCUT2D eigenvalue weighted by Gasteiger charge is 2.38. The predicted molar refractivity (Wildman–Crippen MR) is 173 cm³/mol. The summed E-state index contributed by atoms with van der Waals surface area (Å²) in [6.45, 7) is 5.96. The second-order valence-electron chi connectivity index (χ2n) is 11.1. The Morgan fingerprint density at radius 2 is 1.71 bits per heavy atom. The molecule has 1 aromatic carbocycles. The molecule has 0 spiro atoms. The summed E-state index contributed by atoms with van der Waals surface area (Å²) in [6, 6.07) is 13.2. The van der Waals surface area contributed by atoms with Crippen LogP contribution in [-0.4, -0.2) is 35.0 Å². The molecule has 0 bridgehead atoms. The zero-order valence-electron chi connectivity index (χ0n) is 24.0. The van der Waals surface area contributed by atoms with Gasteiger partial charge in [-0.3, -0.25) is 28.4 Å². The number of hydrogen-bond donors (Lipinski definition) is 1. The molecule has 0 unspecified atom stereocenters. The smallest absolute Gasteiger partial charge is 0.296 e. The van der Waals surface area contributed by atoms with Crippen LogP contribution < -0.4 is 21.3 Å². The maximum absolute atomic E-state index is 13.9. The summed E-state index contributed by atoms with van der Waals surface area (Å²) in [4.78, 5) is 47.8. The normalized spacial score (nSPS) is 20.2. The van der Waals surface area contributed by atoms with E-state index in [2.05, 4.69) is 12.2 Å². The van der Waals surface area contributed by atoms with Gasteiger partial charge in [0.2, 0.25) is 0 Å². The third-order valence-corrected chi connectivity index (χ3v) is 9.48. The van der Waals surface area contributed by atoms with Crippen molar-refractivity contribution < 1.29 is 4.79 Å². The van der Waals surface area contributed by atoms with Crippen molar-refractivity contribution >= 4 is 57.4 Å². The number of rotatable bonds is 5. The standard InChI is InChI=1S/C31H32N6O3S2/c1-18-10-13-21(14-11-18)32-27-23(28(38)35-17-19(2)12-15-25(35)33-27)16-24-29(39)36(31(41)42-24)26-20(3)34(4)37(30(26)40)22-8-6-5-7-9-22/h5-9,12,15-18,21,32H,10-11,13-14H2,1-4H3. The van der Waals surface area contributed by atoms with Gasteiger partial charge in [0.05, 0.1) is 21.8 Å². The molecule has 2 aliphatic rings. The van der Waals surface area contributed by atoms with Crippen LogP contribution in [0.4, 0.5) is 11.5 Å². The van der Waals surface area contributed by atoms with E-state index >= 15 is 0 Å². The van der Waals surface area contributed by atoms with Gasteiger partial charge in [-0.25, -0.2) is 9.67 Å². The predicted octanol–water partition coefficient (Wildman–Crippen LogP) is 5.20. The molecule has 4 aromatic rings. The van der Waals surface area contributed by atoms with Gasteiger partial charge in [0.25, 0.3) is 17.0 Å². The number of pyridine rings is 1. The maximum Gasteiger partial charge on any atom is 0.296 e. The van der Waals surface area contributed by atoms with Gasteiger partial charge < -0.3 is 5.32 Å². The molecule has 4 heterocycles. The number of carbonyl (C=O) groups is 1. The Bertz CT molecular complexity index is 1880. The summed E-state index contributed by atoms with van der Waals surface area (Å²) in [5.41, 5.74) is 2.59. The SMILES string of the molecule is Cc1ccc2nc(NC3CCC(C)CC3)c(C=C3SC(=S)N(c4c(C)n(C)n(-c5ccccc5)c4=O)C3=O)c(=O)n2c1. The quantitative estimate of drug-likeness (QED) is 0.249. The highest BCUT2D eigenvalue weighted by molar-refractivity contribution is 8.27. The van der Waals surface area contributed by atoms with E-state index in [1.165, 1.54) is 14.0 Å². The summed E-state index contributed by atoms with van der Waals surface area (Å²) in [5, 5.41) is 3.52. The van der Waals surface area contributed by atoms with Gasteiger partial charge in [-0.15, -0.1) is 0 Å². The van der Waals surface area contributed by atoms with E-state index in [-0.39, 0.29) is 32.1 Å². The van der Waals surface area contributed by atoms with Gasteiger partial charge in [-0.1, -0.05) is 55.2 Å². The van der Waals surface area contributed by atoms with E-state index in [1.807, 2.05) is 49.4 Å². The van der Waals surface area contributed by atoms with Crippen molar-refractivity contribution in [1.29, 1.82) is 0 Å². The Balaban J connectivity index is 1.43. The van der Waals surface area contributed by atoms with Crippen LogP contribution in [0.5, 0.6) is 0 Å². The molecule has 11 heteroatoms. The molecule has 216 valence electrons. The van der Waals surface area contributed by atoms with Crippen LogP contribution in [0.1, 0.15) is 49.4 Å². The first kappa shape index (κ1) is 28.2. The number of aryl methyl sites for hydroxylation is 1. The fourth-order valence-electron chi connectivity index (χ4n) is 5.70. The molecule has 1 saturated heterocycles. The lowest BCUT2D eigenvalue weighted by Gasteiger charge is -2.27. The van der Waals surface area contributed by atoms with E-state index < -0.39 is 5.91 Å². The number of nitrogens with one attached hydrogen (secondary N) is 1. The van der Waals surface area contributed by atoms with E-state index in [9.17, 15) is 14.4 Å². The van der Waals surface area contributed by atoms with Crippen LogP contribution in [0.25, 0.3) is 17.4 Å². The minimum Gasteiger partial charge on any atom is -0.367 e. The number of fused-ring (bicyclic) bond motifs is 1. The molecule has 9 nitrogen and oxygen atoms in total. The zero-order chi connectivity index (χ0) is 29.7. The number of thioether (sulfide) groups is 1. The summed E-state index contributed by atoms with van der Waals surface area (Å²) in [6.07, 6.45) is 7.50. The third kappa shape index (κ3) is 4.90. The Labute approximate surface area is 252 Å². The minimum atomic E-state index is -0.442. The van der Waals surface area contributed by atoms with Gasteiger partial charge in [-0.05, 0) is 75.3 Å². The highest BCUT2D eigenvalue weighted by Crippen LogP contribution is 2.37. The average molecular weight is 601 g/mol. The van der Waals surface area contributed by atoms with Crippen molar-refractivity contribution in [3.8, 4) is 5.69 Å². The van der Waals surface area contributed by atoms with Gasteiger partial charge in [0.15, 0.2) is 4.32 Å². The molecule has 42 heavy (non-hydrogen) atoms. The van der Waals surface area contributed by atoms with Crippen molar-refractivity contribution in [1.82, 2.24) is 18.7 Å². The van der Waals surface area contributed by atoms with Gasteiger partial charge in [0.1, 0.15) is 17.2 Å². The molecule has 1 saturated carbocycles. The molecular weight excluding hydrogens is 569 g/mol. The first-order valence-electron chi connectivity index (χ1n) is 14.1. The van der Waals surface area contributed by atoms with Crippen LogP contribution in [0.2, 0.25) is 0 Å². The number of para-hydroxylation sites is 1. The lowest BCUT2D eigenvalue weighted by molar-refractivity contribution is -0.113. The largest absolute Gasteiger partial charge is 0.367 e. The average Bonchev–Trinajstić information content (AvgIpc) is 3.37. The second-order valence-corrected chi connectivity index (χ2v) is 12.8. The summed E-state index contributed by atoms with van der Waals surface area (Å²) in [5.74, 6) is 0.688. The number of benzene rings is 1. The van der Waals surface area contributed by atoms with Crippen molar-refractivity contribution in [2.45, 2.75) is 52.5 Å². The molecule has 3 aromatic heterocycles. The summed E-state index contributed by atoms with van der Waals surface area (Å²) in [7, 11) is 1.77. The Morgan fingerprint density at radius 1 is 1.00 bits per heavy atom. The fraction of sp³-hybridized carbons (Fsp3) is 0.323. The molecule has 1 aliphatic heterocycles. The number of amides is 1. The van der Waals surface area contributed by atoms with Crippen LogP contribution >= 0.6 is 24.0 Å². The topological polar surface area (TPSA) is 93.6 Å². The van der Waals surface area contributed by atoms with E-state index in [1.54, 1.807) is 30.9 Å². The molecule has 0 atom stereocenters. The molecule has 1 amide bonds. The monoisotopic (exact) mass is 600 g/mol. The highest BCUT2D eigenvalue weighted by atomic mass is 32.2. The van der Waals surface area contributed by atoms with Gasteiger partial charge in [-0.2, -0.15) is 0 Å². The Kier molecular flexibility index (Phi) is 7.40. The molecule has 1 aliphatic carbocycles. The van der Waals surface area contributed by atoms with Crippen molar-refractivity contribution in [2.24, 2.45) is 13.0 Å². The number of aromatic nitrogens is 4. The fourth-order valence-corrected chi connectivity index (χ4v) is 6.95. The van der Waals surface area contributed by atoms with E-state index in [4.69, 9.17) is 17.2 Å².